The van der Waals surface area contributed by atoms with E-state index in [2.05, 4.69) is 10.1 Å². The normalized spacial score (nSPS) is 11.2. The molecule has 2 aromatic carbocycles. The molecular formula is C18H17N3O2. The van der Waals surface area contributed by atoms with Crippen LogP contribution in [0.4, 0.5) is 0 Å². The molecule has 3 aromatic rings. The molecule has 0 spiro atoms. The van der Waals surface area contributed by atoms with E-state index in [1.54, 1.807) is 19.2 Å². The molecule has 0 aliphatic carbocycles. The van der Waals surface area contributed by atoms with E-state index >= 15 is 0 Å². The molecule has 1 heterocycles. The standard InChI is InChI=1S/C18H17N3O2/c1-3-23-17-11-7-4-8-14(17)12-19-21-13(2)20-16-10-6-5-9-15(16)18(21)22/h4-12H,3H2,1-2H3/b19-12-. The second-order valence-corrected chi connectivity index (χ2v) is 5.01. The van der Waals surface area contributed by atoms with Crippen LogP contribution in [-0.2, 0) is 0 Å². The van der Waals surface area contributed by atoms with Gasteiger partial charge in [0.25, 0.3) is 5.56 Å². The molecule has 0 saturated carbocycles. The number of aryl methyl sites for hydroxylation is 1. The van der Waals surface area contributed by atoms with Gasteiger partial charge in [-0.15, -0.1) is 0 Å². The summed E-state index contributed by atoms with van der Waals surface area (Å²) >= 11 is 0. The predicted molar refractivity (Wildman–Crippen MR) is 91.3 cm³/mol. The molecule has 116 valence electrons. The molecule has 3 rings (SSSR count). The molecule has 0 aliphatic heterocycles. The summed E-state index contributed by atoms with van der Waals surface area (Å²) in [6.07, 6.45) is 1.62. The van der Waals surface area contributed by atoms with Crippen molar-refractivity contribution < 1.29 is 4.74 Å². The molecule has 0 fully saturated rings. The zero-order valence-electron chi connectivity index (χ0n) is 13.1. The Balaban J connectivity index is 2.07. The van der Waals surface area contributed by atoms with Gasteiger partial charge in [0.1, 0.15) is 11.6 Å². The highest BCUT2D eigenvalue weighted by atomic mass is 16.5. The number of para-hydroxylation sites is 2. The average Bonchev–Trinajstić information content (AvgIpc) is 2.56. The number of benzene rings is 2. The molecule has 0 unspecified atom stereocenters. The van der Waals surface area contributed by atoms with E-state index in [4.69, 9.17) is 4.74 Å². The highest BCUT2D eigenvalue weighted by molar-refractivity contribution is 5.83. The Labute approximate surface area is 133 Å². The maximum atomic E-state index is 12.6. The lowest BCUT2D eigenvalue weighted by Gasteiger charge is -2.07. The van der Waals surface area contributed by atoms with Gasteiger partial charge in [0.15, 0.2) is 0 Å². The van der Waals surface area contributed by atoms with E-state index in [0.29, 0.717) is 23.3 Å². The maximum Gasteiger partial charge on any atom is 0.282 e. The van der Waals surface area contributed by atoms with Gasteiger partial charge >= 0.3 is 0 Å². The summed E-state index contributed by atoms with van der Waals surface area (Å²) in [6.45, 7) is 4.26. The number of hydrogen-bond acceptors (Lipinski definition) is 4. The highest BCUT2D eigenvalue weighted by Gasteiger charge is 2.06. The quantitative estimate of drug-likeness (QED) is 0.696. The van der Waals surface area contributed by atoms with E-state index in [0.717, 1.165) is 11.3 Å². The lowest BCUT2D eigenvalue weighted by Crippen LogP contribution is -2.20. The summed E-state index contributed by atoms with van der Waals surface area (Å²) in [5.41, 5.74) is 1.31. The Morgan fingerprint density at radius 3 is 2.74 bits per heavy atom. The first-order valence-corrected chi connectivity index (χ1v) is 7.45. The molecule has 23 heavy (non-hydrogen) atoms. The van der Waals surface area contributed by atoms with Crippen LogP contribution in [0.3, 0.4) is 0 Å². The summed E-state index contributed by atoms with van der Waals surface area (Å²) < 4.78 is 6.87. The lowest BCUT2D eigenvalue weighted by molar-refractivity contribution is 0.340. The zero-order chi connectivity index (χ0) is 16.2. The van der Waals surface area contributed by atoms with Crippen LogP contribution in [0, 0.1) is 6.92 Å². The first-order valence-electron chi connectivity index (χ1n) is 7.45. The van der Waals surface area contributed by atoms with Crippen LogP contribution in [-0.4, -0.2) is 22.5 Å². The minimum atomic E-state index is -0.182. The number of fused-ring (bicyclic) bond motifs is 1. The topological polar surface area (TPSA) is 56.5 Å². The van der Waals surface area contributed by atoms with Gasteiger partial charge in [0, 0.05) is 5.56 Å². The smallest absolute Gasteiger partial charge is 0.282 e. The minimum absolute atomic E-state index is 0.182. The lowest BCUT2D eigenvalue weighted by atomic mass is 10.2. The van der Waals surface area contributed by atoms with Gasteiger partial charge in [-0.05, 0) is 38.1 Å². The van der Waals surface area contributed by atoms with E-state index in [1.807, 2.05) is 49.4 Å². The fraction of sp³-hybridized carbons (Fsp3) is 0.167. The van der Waals surface area contributed by atoms with E-state index in [1.165, 1.54) is 4.68 Å². The van der Waals surface area contributed by atoms with Gasteiger partial charge in [0.05, 0.1) is 23.7 Å². The third-order valence-electron chi connectivity index (χ3n) is 3.45. The van der Waals surface area contributed by atoms with Crippen LogP contribution in [0.2, 0.25) is 0 Å². The molecule has 0 amide bonds. The van der Waals surface area contributed by atoms with Crippen molar-refractivity contribution in [2.24, 2.45) is 5.10 Å². The number of rotatable bonds is 4. The van der Waals surface area contributed by atoms with Crippen molar-refractivity contribution >= 4 is 17.1 Å². The number of ether oxygens (including phenoxy) is 1. The maximum absolute atomic E-state index is 12.6. The molecule has 5 nitrogen and oxygen atoms in total. The van der Waals surface area contributed by atoms with E-state index in [-0.39, 0.29) is 5.56 Å². The first kappa shape index (κ1) is 15.0. The summed E-state index contributed by atoms with van der Waals surface area (Å²) in [5.74, 6) is 1.28. The van der Waals surface area contributed by atoms with Crippen molar-refractivity contribution in [2.45, 2.75) is 13.8 Å². The van der Waals surface area contributed by atoms with Crippen molar-refractivity contribution in [3.8, 4) is 5.75 Å². The van der Waals surface area contributed by atoms with Crippen LogP contribution >= 0.6 is 0 Å². The van der Waals surface area contributed by atoms with Crippen LogP contribution in [0.5, 0.6) is 5.75 Å². The Bertz CT molecular complexity index is 929. The second-order valence-electron chi connectivity index (χ2n) is 5.01. The summed E-state index contributed by atoms with van der Waals surface area (Å²) in [7, 11) is 0. The summed E-state index contributed by atoms with van der Waals surface area (Å²) in [6, 6.07) is 14.8. The molecule has 0 bridgehead atoms. The van der Waals surface area contributed by atoms with Crippen LogP contribution in [0.1, 0.15) is 18.3 Å². The molecule has 1 aromatic heterocycles. The Hall–Kier alpha value is -2.95. The van der Waals surface area contributed by atoms with Crippen LogP contribution in [0.15, 0.2) is 58.4 Å². The molecule has 0 atom stereocenters. The summed E-state index contributed by atoms with van der Waals surface area (Å²) in [5, 5.41) is 4.85. The fourth-order valence-electron chi connectivity index (χ4n) is 2.36. The first-order chi connectivity index (χ1) is 11.2. The fourth-order valence-corrected chi connectivity index (χ4v) is 2.36. The summed E-state index contributed by atoms with van der Waals surface area (Å²) in [4.78, 5) is 17.0. The Morgan fingerprint density at radius 2 is 1.91 bits per heavy atom. The number of aromatic nitrogens is 2. The van der Waals surface area contributed by atoms with Crippen molar-refractivity contribution in [1.82, 2.24) is 9.66 Å². The number of hydrogen-bond donors (Lipinski definition) is 0. The van der Waals surface area contributed by atoms with Crippen molar-refractivity contribution in [3.63, 3.8) is 0 Å². The van der Waals surface area contributed by atoms with E-state index in [9.17, 15) is 4.79 Å². The minimum Gasteiger partial charge on any atom is -0.493 e. The van der Waals surface area contributed by atoms with Gasteiger partial charge < -0.3 is 4.74 Å². The molecule has 0 aliphatic rings. The van der Waals surface area contributed by atoms with Gasteiger partial charge in [-0.3, -0.25) is 4.79 Å². The third-order valence-corrected chi connectivity index (χ3v) is 3.45. The predicted octanol–water partition coefficient (Wildman–Crippen LogP) is 2.99. The van der Waals surface area contributed by atoms with Crippen LogP contribution in [0.25, 0.3) is 10.9 Å². The van der Waals surface area contributed by atoms with Gasteiger partial charge in [-0.2, -0.15) is 9.78 Å². The SMILES string of the molecule is CCOc1ccccc1/C=N\n1c(C)nc2ccccc2c1=O. The largest absolute Gasteiger partial charge is 0.493 e. The highest BCUT2D eigenvalue weighted by Crippen LogP contribution is 2.16. The molecule has 0 saturated heterocycles. The Kier molecular flexibility index (Phi) is 4.19. The van der Waals surface area contributed by atoms with Crippen molar-refractivity contribution in [3.05, 3.63) is 70.3 Å². The van der Waals surface area contributed by atoms with Gasteiger partial charge in [-0.1, -0.05) is 24.3 Å². The monoisotopic (exact) mass is 307 g/mol. The van der Waals surface area contributed by atoms with Crippen LogP contribution < -0.4 is 10.3 Å². The van der Waals surface area contributed by atoms with Crippen molar-refractivity contribution in [1.29, 1.82) is 0 Å². The number of nitrogens with zero attached hydrogens (tertiary/aromatic N) is 3. The molecule has 0 N–H and O–H groups in total. The molecule has 5 heteroatoms. The molecule has 0 radical (unpaired) electrons. The zero-order valence-corrected chi connectivity index (χ0v) is 13.1. The third kappa shape index (κ3) is 2.99. The average molecular weight is 307 g/mol. The molecular weight excluding hydrogens is 290 g/mol. The van der Waals surface area contributed by atoms with E-state index < -0.39 is 0 Å². The second kappa shape index (κ2) is 6.44. The van der Waals surface area contributed by atoms with Crippen molar-refractivity contribution in [2.75, 3.05) is 6.61 Å². The van der Waals surface area contributed by atoms with Gasteiger partial charge in [0.2, 0.25) is 0 Å². The van der Waals surface area contributed by atoms with Gasteiger partial charge in [-0.25, -0.2) is 4.98 Å². The Morgan fingerprint density at radius 1 is 1.17 bits per heavy atom.